The van der Waals surface area contributed by atoms with Gasteiger partial charge in [-0.3, -0.25) is 0 Å². The fourth-order valence-electron chi connectivity index (χ4n) is 1.37. The fraction of sp³-hybridized carbons (Fsp3) is 0.0833. The molecule has 0 aliphatic heterocycles. The van der Waals surface area contributed by atoms with Gasteiger partial charge in [0.15, 0.2) is 0 Å². The maximum atomic E-state index is 13.3. The first-order chi connectivity index (χ1) is 8.08. The van der Waals surface area contributed by atoms with Crippen molar-refractivity contribution in [2.75, 3.05) is 11.1 Å². The molecule has 5 heteroatoms. The van der Waals surface area contributed by atoms with Gasteiger partial charge in [-0.15, -0.1) is 0 Å². The summed E-state index contributed by atoms with van der Waals surface area (Å²) in [5.41, 5.74) is 7.96. The predicted octanol–water partition coefficient (Wildman–Crippen LogP) is 3.46. The molecule has 0 spiro atoms. The molecule has 0 saturated carbocycles. The number of hydrogen-bond acceptors (Lipinski definition) is 3. The summed E-state index contributed by atoms with van der Waals surface area (Å²) < 4.78 is 13.9. The Labute approximate surface area is 112 Å². The first-order valence-corrected chi connectivity index (χ1v) is 6.09. The van der Waals surface area contributed by atoms with Crippen molar-refractivity contribution in [3.05, 3.63) is 45.4 Å². The first kappa shape index (κ1) is 12.1. The van der Waals surface area contributed by atoms with E-state index in [-0.39, 0.29) is 5.82 Å². The zero-order valence-electron chi connectivity index (χ0n) is 9.17. The van der Waals surface area contributed by atoms with Crippen LogP contribution in [0.15, 0.2) is 30.5 Å². The molecule has 3 N–H and O–H groups in total. The highest BCUT2D eigenvalue weighted by molar-refractivity contribution is 14.1. The number of anilines is 3. The van der Waals surface area contributed by atoms with Gasteiger partial charge >= 0.3 is 0 Å². The van der Waals surface area contributed by atoms with Crippen LogP contribution < -0.4 is 11.1 Å². The zero-order chi connectivity index (χ0) is 12.4. The second-order valence-electron chi connectivity index (χ2n) is 3.65. The molecule has 0 aliphatic rings. The molecule has 17 heavy (non-hydrogen) atoms. The van der Waals surface area contributed by atoms with Crippen molar-refractivity contribution in [1.82, 2.24) is 4.98 Å². The van der Waals surface area contributed by atoms with Crippen molar-refractivity contribution in [2.45, 2.75) is 6.92 Å². The van der Waals surface area contributed by atoms with Crippen LogP contribution in [0.3, 0.4) is 0 Å². The van der Waals surface area contributed by atoms with Crippen LogP contribution in [0.2, 0.25) is 0 Å². The van der Waals surface area contributed by atoms with Gasteiger partial charge in [0, 0.05) is 0 Å². The Morgan fingerprint density at radius 1 is 1.41 bits per heavy atom. The maximum absolute atomic E-state index is 13.3. The van der Waals surface area contributed by atoms with Gasteiger partial charge in [-0.2, -0.15) is 0 Å². The van der Waals surface area contributed by atoms with Crippen molar-refractivity contribution >= 4 is 39.8 Å². The molecule has 0 amide bonds. The molecule has 1 aromatic heterocycles. The number of aromatic nitrogens is 1. The molecule has 0 saturated heterocycles. The fourth-order valence-corrected chi connectivity index (χ4v) is 1.87. The largest absolute Gasteiger partial charge is 0.397 e. The lowest BCUT2D eigenvalue weighted by Crippen LogP contribution is -1.99. The van der Waals surface area contributed by atoms with Gasteiger partial charge in [-0.25, -0.2) is 9.37 Å². The van der Waals surface area contributed by atoms with E-state index in [1.165, 1.54) is 6.07 Å². The molecule has 0 aliphatic carbocycles. The molecule has 1 heterocycles. The summed E-state index contributed by atoms with van der Waals surface area (Å²) in [5.74, 6) is 0.406. The van der Waals surface area contributed by atoms with E-state index in [1.54, 1.807) is 18.3 Å². The zero-order valence-corrected chi connectivity index (χ0v) is 11.3. The Morgan fingerprint density at radius 3 is 2.88 bits per heavy atom. The van der Waals surface area contributed by atoms with Gasteiger partial charge in [-0.05, 0) is 53.3 Å². The third kappa shape index (κ3) is 2.66. The molecule has 3 nitrogen and oxygen atoms in total. The van der Waals surface area contributed by atoms with Gasteiger partial charge in [-0.1, -0.05) is 6.07 Å². The monoisotopic (exact) mass is 343 g/mol. The van der Waals surface area contributed by atoms with Crippen molar-refractivity contribution < 1.29 is 4.39 Å². The van der Waals surface area contributed by atoms with Gasteiger partial charge < -0.3 is 11.1 Å². The van der Waals surface area contributed by atoms with E-state index in [4.69, 9.17) is 5.73 Å². The van der Waals surface area contributed by atoms with Gasteiger partial charge in [0.1, 0.15) is 11.6 Å². The number of nitrogens with one attached hydrogen (secondary N) is 1. The highest BCUT2D eigenvalue weighted by atomic mass is 127. The minimum atomic E-state index is -0.247. The van der Waals surface area contributed by atoms with E-state index >= 15 is 0 Å². The number of nitrogen functional groups attached to an aromatic ring is 1. The molecule has 2 aromatic rings. The normalized spacial score (nSPS) is 10.3. The van der Waals surface area contributed by atoms with Gasteiger partial charge in [0.25, 0.3) is 0 Å². The van der Waals surface area contributed by atoms with E-state index in [9.17, 15) is 4.39 Å². The van der Waals surface area contributed by atoms with Crippen LogP contribution in [0.4, 0.5) is 21.6 Å². The maximum Gasteiger partial charge on any atom is 0.138 e. The molecule has 88 valence electrons. The van der Waals surface area contributed by atoms with Crippen LogP contribution >= 0.6 is 22.6 Å². The summed E-state index contributed by atoms with van der Waals surface area (Å²) in [4.78, 5) is 4.14. The molecular formula is C12H11FIN3. The highest BCUT2D eigenvalue weighted by Gasteiger charge is 2.06. The first-order valence-electron chi connectivity index (χ1n) is 5.01. The lowest BCUT2D eigenvalue weighted by Gasteiger charge is -2.09. The number of nitrogens with zero attached hydrogens (tertiary/aromatic N) is 1. The van der Waals surface area contributed by atoms with Crippen LogP contribution in [0, 0.1) is 16.3 Å². The molecule has 0 fully saturated rings. The predicted molar refractivity (Wildman–Crippen MR) is 75.8 cm³/mol. The molecule has 0 unspecified atom stereocenters. The Balaban J connectivity index is 2.31. The second-order valence-corrected chi connectivity index (χ2v) is 4.73. The SMILES string of the molecule is Cc1cc(Nc2cccc(F)c2I)ncc1N. The Hall–Kier alpha value is -1.37. The second kappa shape index (κ2) is 4.87. The van der Waals surface area contributed by atoms with E-state index in [1.807, 2.05) is 35.6 Å². The Kier molecular flexibility index (Phi) is 3.46. The summed E-state index contributed by atoms with van der Waals surface area (Å²) in [7, 11) is 0. The van der Waals surface area contributed by atoms with Crippen LogP contribution in [-0.2, 0) is 0 Å². The van der Waals surface area contributed by atoms with E-state index in [0.717, 1.165) is 5.56 Å². The molecule has 2 rings (SSSR count). The van der Waals surface area contributed by atoms with E-state index < -0.39 is 0 Å². The summed E-state index contributed by atoms with van der Waals surface area (Å²) in [5, 5.41) is 3.07. The number of nitrogens with two attached hydrogens (primary N) is 1. The lowest BCUT2D eigenvalue weighted by molar-refractivity contribution is 0.621. The number of halogens is 2. The minimum Gasteiger partial charge on any atom is -0.397 e. The number of pyridine rings is 1. The molecule has 0 atom stereocenters. The quantitative estimate of drug-likeness (QED) is 0.821. The number of hydrogen-bond donors (Lipinski definition) is 2. The third-order valence-electron chi connectivity index (χ3n) is 2.37. The lowest BCUT2D eigenvalue weighted by atomic mass is 10.2. The molecule has 0 bridgehead atoms. The van der Waals surface area contributed by atoms with Crippen LogP contribution in [-0.4, -0.2) is 4.98 Å². The van der Waals surface area contributed by atoms with Crippen LogP contribution in [0.25, 0.3) is 0 Å². The summed E-state index contributed by atoms with van der Waals surface area (Å²) in [6.07, 6.45) is 1.59. The van der Waals surface area contributed by atoms with Gasteiger partial charge in [0.05, 0.1) is 21.1 Å². The number of rotatable bonds is 2. The average molecular weight is 343 g/mol. The van der Waals surface area contributed by atoms with Crippen molar-refractivity contribution in [3.63, 3.8) is 0 Å². The Morgan fingerprint density at radius 2 is 2.18 bits per heavy atom. The van der Waals surface area contributed by atoms with Gasteiger partial charge in [0.2, 0.25) is 0 Å². The van der Waals surface area contributed by atoms with Crippen LogP contribution in [0.5, 0.6) is 0 Å². The average Bonchev–Trinajstić information content (AvgIpc) is 2.30. The van der Waals surface area contributed by atoms with Crippen LogP contribution in [0.1, 0.15) is 5.56 Å². The van der Waals surface area contributed by atoms with Crippen molar-refractivity contribution in [1.29, 1.82) is 0 Å². The van der Waals surface area contributed by atoms with Crippen molar-refractivity contribution in [3.8, 4) is 0 Å². The summed E-state index contributed by atoms with van der Waals surface area (Å²) >= 11 is 1.96. The van der Waals surface area contributed by atoms with E-state index in [2.05, 4.69) is 10.3 Å². The Bertz CT molecular complexity index is 557. The van der Waals surface area contributed by atoms with E-state index in [0.29, 0.717) is 20.8 Å². The summed E-state index contributed by atoms with van der Waals surface area (Å²) in [6.45, 7) is 1.90. The standard InChI is InChI=1S/C12H11FIN3/c1-7-5-11(16-6-9(7)15)17-10-4-2-3-8(13)12(10)14/h2-6H,15H2,1H3,(H,16,17). The molecule has 0 radical (unpaired) electrons. The minimum absolute atomic E-state index is 0.247. The number of benzene rings is 1. The third-order valence-corrected chi connectivity index (χ3v) is 3.46. The molecule has 1 aromatic carbocycles. The van der Waals surface area contributed by atoms with Crippen molar-refractivity contribution in [2.24, 2.45) is 0 Å². The number of aryl methyl sites for hydroxylation is 1. The topological polar surface area (TPSA) is 50.9 Å². The molecular weight excluding hydrogens is 332 g/mol. The highest BCUT2D eigenvalue weighted by Crippen LogP contribution is 2.24. The smallest absolute Gasteiger partial charge is 0.138 e. The summed E-state index contributed by atoms with van der Waals surface area (Å²) in [6, 6.07) is 6.72.